The molecule has 0 saturated carbocycles. The third-order valence-corrected chi connectivity index (χ3v) is 5.12. The Morgan fingerprint density at radius 2 is 1.91 bits per heavy atom. The Balaban J connectivity index is 2.05. The first-order valence-corrected chi connectivity index (χ1v) is 9.22. The van der Waals surface area contributed by atoms with Gasteiger partial charge in [-0.3, -0.25) is 4.90 Å². The van der Waals surface area contributed by atoms with Gasteiger partial charge in [0.05, 0.1) is 6.04 Å². The summed E-state index contributed by atoms with van der Waals surface area (Å²) in [6.07, 6.45) is 1.20. The summed E-state index contributed by atoms with van der Waals surface area (Å²) < 4.78 is 1.15. The molecule has 1 fully saturated rings. The molecular weight excluding hydrogens is 348 g/mol. The largest absolute Gasteiger partial charge is 0.315 e. The number of hydrogen-bond acceptors (Lipinski definition) is 2. The standard InChI is InChI=1S/C20H25BrN2/c1-15-7-8-19(16(2)13-15)20(17-5-3-6-18(21)14-17)23-11-4-9-22-10-12-23/h3,5-8,13-14,20,22H,4,9-12H2,1-2H3. The number of aryl methyl sites for hydroxylation is 2. The van der Waals surface area contributed by atoms with Gasteiger partial charge in [0.15, 0.2) is 0 Å². The summed E-state index contributed by atoms with van der Waals surface area (Å²) in [5, 5.41) is 3.52. The maximum atomic E-state index is 3.64. The van der Waals surface area contributed by atoms with Crippen LogP contribution in [-0.4, -0.2) is 31.1 Å². The van der Waals surface area contributed by atoms with Crippen molar-refractivity contribution in [1.82, 2.24) is 10.2 Å². The molecule has 0 aromatic heterocycles. The molecule has 23 heavy (non-hydrogen) atoms. The maximum absolute atomic E-state index is 3.64. The van der Waals surface area contributed by atoms with Gasteiger partial charge in [0.2, 0.25) is 0 Å². The minimum Gasteiger partial charge on any atom is -0.315 e. The van der Waals surface area contributed by atoms with Gasteiger partial charge in [0, 0.05) is 24.1 Å². The summed E-state index contributed by atoms with van der Waals surface area (Å²) in [7, 11) is 0. The Labute approximate surface area is 148 Å². The van der Waals surface area contributed by atoms with Crippen molar-refractivity contribution < 1.29 is 0 Å². The van der Waals surface area contributed by atoms with Gasteiger partial charge in [0.1, 0.15) is 0 Å². The third-order valence-electron chi connectivity index (χ3n) is 4.62. The fourth-order valence-corrected chi connectivity index (χ4v) is 3.94. The topological polar surface area (TPSA) is 15.3 Å². The van der Waals surface area contributed by atoms with Crippen molar-refractivity contribution in [1.29, 1.82) is 0 Å². The van der Waals surface area contributed by atoms with Crippen LogP contribution in [0.15, 0.2) is 46.9 Å². The van der Waals surface area contributed by atoms with Crippen LogP contribution in [0.2, 0.25) is 0 Å². The van der Waals surface area contributed by atoms with Gasteiger partial charge in [-0.2, -0.15) is 0 Å². The molecule has 2 aromatic rings. The molecule has 2 nitrogen and oxygen atoms in total. The molecule has 3 rings (SSSR count). The maximum Gasteiger partial charge on any atom is 0.0605 e. The molecule has 1 aliphatic heterocycles. The monoisotopic (exact) mass is 372 g/mol. The van der Waals surface area contributed by atoms with Crippen LogP contribution in [-0.2, 0) is 0 Å². The van der Waals surface area contributed by atoms with Gasteiger partial charge < -0.3 is 5.32 Å². The average Bonchev–Trinajstić information content (AvgIpc) is 2.79. The lowest BCUT2D eigenvalue weighted by molar-refractivity contribution is 0.240. The van der Waals surface area contributed by atoms with Crippen molar-refractivity contribution >= 4 is 15.9 Å². The number of hydrogen-bond donors (Lipinski definition) is 1. The highest BCUT2D eigenvalue weighted by molar-refractivity contribution is 9.10. The molecule has 1 atom stereocenters. The first kappa shape index (κ1) is 16.7. The quantitative estimate of drug-likeness (QED) is 0.855. The molecule has 0 spiro atoms. The lowest BCUT2D eigenvalue weighted by Crippen LogP contribution is -2.33. The van der Waals surface area contributed by atoms with Crippen LogP contribution in [0.4, 0.5) is 0 Å². The number of nitrogens with zero attached hydrogens (tertiary/aromatic N) is 1. The minimum absolute atomic E-state index is 0.327. The SMILES string of the molecule is Cc1ccc(C(c2cccc(Br)c2)N2CCCNCC2)c(C)c1. The lowest BCUT2D eigenvalue weighted by Gasteiger charge is -2.32. The molecule has 0 radical (unpaired) electrons. The molecule has 1 unspecified atom stereocenters. The predicted molar refractivity (Wildman–Crippen MR) is 101 cm³/mol. The third kappa shape index (κ3) is 4.03. The van der Waals surface area contributed by atoms with Crippen molar-refractivity contribution in [3.8, 4) is 0 Å². The second-order valence-corrected chi connectivity index (χ2v) is 7.37. The highest BCUT2D eigenvalue weighted by Crippen LogP contribution is 2.33. The Bertz CT molecular complexity index is 660. The van der Waals surface area contributed by atoms with Gasteiger partial charge in [-0.1, -0.05) is 51.8 Å². The molecule has 0 bridgehead atoms. The van der Waals surface area contributed by atoms with E-state index in [9.17, 15) is 0 Å². The molecule has 122 valence electrons. The molecular formula is C20H25BrN2. The van der Waals surface area contributed by atoms with Gasteiger partial charge >= 0.3 is 0 Å². The van der Waals surface area contributed by atoms with E-state index < -0.39 is 0 Å². The first-order chi connectivity index (χ1) is 11.1. The van der Waals surface area contributed by atoms with E-state index in [2.05, 4.69) is 82.5 Å². The van der Waals surface area contributed by atoms with Gasteiger partial charge in [0.25, 0.3) is 0 Å². The Morgan fingerprint density at radius 3 is 2.70 bits per heavy atom. The minimum atomic E-state index is 0.327. The van der Waals surface area contributed by atoms with Crippen LogP contribution in [0.25, 0.3) is 0 Å². The summed E-state index contributed by atoms with van der Waals surface area (Å²) in [6, 6.07) is 16.0. The first-order valence-electron chi connectivity index (χ1n) is 8.42. The molecule has 1 heterocycles. The molecule has 1 saturated heterocycles. The number of benzene rings is 2. The second kappa shape index (κ2) is 7.61. The van der Waals surface area contributed by atoms with Gasteiger partial charge in [-0.05, 0) is 55.6 Å². The summed E-state index contributed by atoms with van der Waals surface area (Å²) in [4.78, 5) is 2.62. The molecule has 1 aliphatic rings. The summed E-state index contributed by atoms with van der Waals surface area (Å²) in [6.45, 7) is 8.82. The van der Waals surface area contributed by atoms with E-state index in [1.165, 1.54) is 28.7 Å². The lowest BCUT2D eigenvalue weighted by atomic mass is 9.92. The smallest absolute Gasteiger partial charge is 0.0605 e. The number of nitrogens with one attached hydrogen (secondary N) is 1. The fourth-order valence-electron chi connectivity index (χ4n) is 3.52. The van der Waals surface area contributed by atoms with E-state index in [-0.39, 0.29) is 0 Å². The Morgan fingerprint density at radius 1 is 1.04 bits per heavy atom. The van der Waals surface area contributed by atoms with E-state index in [4.69, 9.17) is 0 Å². The summed E-state index contributed by atoms with van der Waals surface area (Å²) in [5.74, 6) is 0. The van der Waals surface area contributed by atoms with Crippen LogP contribution in [0.3, 0.4) is 0 Å². The fraction of sp³-hybridized carbons (Fsp3) is 0.400. The number of halogens is 1. The van der Waals surface area contributed by atoms with Crippen LogP contribution >= 0.6 is 15.9 Å². The van der Waals surface area contributed by atoms with Crippen molar-refractivity contribution in [2.45, 2.75) is 26.3 Å². The van der Waals surface area contributed by atoms with Crippen LogP contribution in [0.5, 0.6) is 0 Å². The van der Waals surface area contributed by atoms with E-state index in [1.54, 1.807) is 0 Å². The summed E-state index contributed by atoms with van der Waals surface area (Å²) >= 11 is 3.64. The molecule has 1 N–H and O–H groups in total. The highest BCUT2D eigenvalue weighted by atomic mass is 79.9. The van der Waals surface area contributed by atoms with Gasteiger partial charge in [-0.25, -0.2) is 0 Å². The predicted octanol–water partition coefficient (Wildman–Crippen LogP) is 4.45. The van der Waals surface area contributed by atoms with E-state index in [0.29, 0.717) is 6.04 Å². The molecule has 0 amide bonds. The Kier molecular flexibility index (Phi) is 5.52. The van der Waals surface area contributed by atoms with E-state index in [0.717, 1.165) is 30.7 Å². The molecule has 3 heteroatoms. The second-order valence-electron chi connectivity index (χ2n) is 6.46. The van der Waals surface area contributed by atoms with Crippen molar-refractivity contribution in [3.63, 3.8) is 0 Å². The zero-order valence-electron chi connectivity index (χ0n) is 14.0. The molecule has 2 aromatic carbocycles. The van der Waals surface area contributed by atoms with Gasteiger partial charge in [-0.15, -0.1) is 0 Å². The van der Waals surface area contributed by atoms with Crippen LogP contribution in [0, 0.1) is 13.8 Å². The Hall–Kier alpha value is -1.16. The van der Waals surface area contributed by atoms with E-state index in [1.807, 2.05) is 0 Å². The highest BCUT2D eigenvalue weighted by Gasteiger charge is 2.24. The van der Waals surface area contributed by atoms with Crippen molar-refractivity contribution in [3.05, 3.63) is 69.2 Å². The van der Waals surface area contributed by atoms with Crippen molar-refractivity contribution in [2.24, 2.45) is 0 Å². The van der Waals surface area contributed by atoms with Crippen molar-refractivity contribution in [2.75, 3.05) is 26.2 Å². The zero-order valence-corrected chi connectivity index (χ0v) is 15.6. The summed E-state index contributed by atoms with van der Waals surface area (Å²) in [5.41, 5.74) is 5.51. The van der Waals surface area contributed by atoms with Crippen LogP contribution in [0.1, 0.15) is 34.7 Å². The number of rotatable bonds is 3. The van der Waals surface area contributed by atoms with Crippen LogP contribution < -0.4 is 5.32 Å². The van der Waals surface area contributed by atoms with E-state index >= 15 is 0 Å². The zero-order chi connectivity index (χ0) is 16.2. The average molecular weight is 373 g/mol. The molecule has 0 aliphatic carbocycles. The normalized spacial score (nSPS) is 17.7.